The second kappa shape index (κ2) is 8.74. The molecule has 0 bridgehead atoms. The summed E-state index contributed by atoms with van der Waals surface area (Å²) >= 11 is 1.60. The van der Waals surface area contributed by atoms with Gasteiger partial charge in [-0.2, -0.15) is 0 Å². The average molecular weight is 427 g/mol. The number of carbonyl (C=O) groups is 1. The van der Waals surface area contributed by atoms with Crippen LogP contribution in [0, 0.1) is 0 Å². The van der Waals surface area contributed by atoms with Gasteiger partial charge in [-0.15, -0.1) is 11.3 Å². The maximum absolute atomic E-state index is 12.7. The van der Waals surface area contributed by atoms with E-state index in [1.54, 1.807) is 11.3 Å². The SMILES string of the molecule is O=C1CC(NC2=CC=C(Oc3ccccc3)CC2)=Nc2sc(Cc3ccccc3)cc21. The van der Waals surface area contributed by atoms with Crippen LogP contribution in [0.4, 0.5) is 5.00 Å². The molecule has 0 radical (unpaired) electrons. The van der Waals surface area contributed by atoms with Crippen LogP contribution >= 0.6 is 11.3 Å². The summed E-state index contributed by atoms with van der Waals surface area (Å²) in [4.78, 5) is 18.6. The van der Waals surface area contributed by atoms with E-state index >= 15 is 0 Å². The number of nitrogens with zero attached hydrogens (tertiary/aromatic N) is 1. The van der Waals surface area contributed by atoms with Gasteiger partial charge in [-0.1, -0.05) is 48.5 Å². The van der Waals surface area contributed by atoms with Crippen molar-refractivity contribution in [3.8, 4) is 5.75 Å². The Balaban J connectivity index is 1.28. The van der Waals surface area contributed by atoms with E-state index in [9.17, 15) is 4.79 Å². The molecule has 2 aromatic carbocycles. The number of fused-ring (bicyclic) bond motifs is 1. The standard InChI is InChI=1S/C26H22N2O2S/c29-24-17-25(27-19-11-13-21(14-12-19)30-20-9-5-2-6-10-20)28-26-23(24)16-22(31-26)15-18-7-3-1-4-8-18/h1-11,13,16H,12,14-15,17H2,(H,27,28). The monoisotopic (exact) mass is 426 g/mol. The van der Waals surface area contributed by atoms with E-state index in [1.807, 2.05) is 66.7 Å². The topological polar surface area (TPSA) is 50.7 Å². The highest BCUT2D eigenvalue weighted by molar-refractivity contribution is 7.16. The smallest absolute Gasteiger partial charge is 0.173 e. The molecule has 1 aromatic heterocycles. The van der Waals surface area contributed by atoms with Crippen molar-refractivity contribution in [1.29, 1.82) is 0 Å². The number of benzene rings is 2. The summed E-state index contributed by atoms with van der Waals surface area (Å²) in [5.41, 5.74) is 3.04. The van der Waals surface area contributed by atoms with E-state index < -0.39 is 0 Å². The van der Waals surface area contributed by atoms with Gasteiger partial charge >= 0.3 is 0 Å². The number of hydrogen-bond acceptors (Lipinski definition) is 5. The molecule has 5 heteroatoms. The fraction of sp³-hybridized carbons (Fsp3) is 0.154. The number of rotatable bonds is 5. The first kappa shape index (κ1) is 19.5. The summed E-state index contributed by atoms with van der Waals surface area (Å²) in [5, 5.41) is 4.18. The fourth-order valence-electron chi connectivity index (χ4n) is 3.71. The second-order valence-electron chi connectivity index (χ2n) is 7.62. The van der Waals surface area contributed by atoms with Gasteiger partial charge in [0.1, 0.15) is 22.3 Å². The van der Waals surface area contributed by atoms with Crippen LogP contribution in [0.15, 0.2) is 95.3 Å². The molecule has 1 N–H and O–H groups in total. The molecule has 31 heavy (non-hydrogen) atoms. The van der Waals surface area contributed by atoms with Gasteiger partial charge in [-0.05, 0) is 42.3 Å². The maximum Gasteiger partial charge on any atom is 0.173 e. The van der Waals surface area contributed by atoms with Crippen LogP contribution < -0.4 is 10.1 Å². The van der Waals surface area contributed by atoms with Gasteiger partial charge in [0.2, 0.25) is 0 Å². The summed E-state index contributed by atoms with van der Waals surface area (Å²) < 4.78 is 5.91. The van der Waals surface area contributed by atoms with Crippen LogP contribution in [-0.2, 0) is 6.42 Å². The minimum atomic E-state index is 0.128. The average Bonchev–Trinajstić information content (AvgIpc) is 3.19. The molecule has 3 aromatic rings. The highest BCUT2D eigenvalue weighted by Crippen LogP contribution is 2.36. The zero-order chi connectivity index (χ0) is 21.0. The number of nitrogens with one attached hydrogen (secondary N) is 1. The number of ether oxygens (including phenoxy) is 1. The summed E-state index contributed by atoms with van der Waals surface area (Å²) in [6.07, 6.45) is 6.76. The molecule has 0 amide bonds. The molecule has 0 saturated carbocycles. The summed E-state index contributed by atoms with van der Waals surface area (Å²) in [5.74, 6) is 2.63. The molecule has 0 spiro atoms. The van der Waals surface area contributed by atoms with E-state index in [2.05, 4.69) is 17.4 Å². The molecular formula is C26H22N2O2S. The molecule has 2 aliphatic rings. The number of amidine groups is 1. The molecule has 5 rings (SSSR count). The Kier molecular flexibility index (Phi) is 5.50. The third-order valence-electron chi connectivity index (χ3n) is 5.26. The molecule has 154 valence electrons. The van der Waals surface area contributed by atoms with Gasteiger partial charge in [-0.25, -0.2) is 4.99 Å². The molecular weight excluding hydrogens is 404 g/mol. The highest BCUT2D eigenvalue weighted by atomic mass is 32.1. The van der Waals surface area contributed by atoms with Crippen LogP contribution in [0.1, 0.15) is 40.1 Å². The van der Waals surface area contributed by atoms with E-state index in [-0.39, 0.29) is 5.78 Å². The van der Waals surface area contributed by atoms with Gasteiger partial charge in [-0.3, -0.25) is 4.79 Å². The molecule has 0 fully saturated rings. The first-order chi connectivity index (χ1) is 15.2. The van der Waals surface area contributed by atoms with Gasteiger partial charge in [0, 0.05) is 23.4 Å². The lowest BCUT2D eigenvalue weighted by atomic mass is 10.0. The third-order valence-corrected chi connectivity index (χ3v) is 6.29. The summed E-state index contributed by atoms with van der Waals surface area (Å²) in [7, 11) is 0. The lowest BCUT2D eigenvalue weighted by Gasteiger charge is -2.19. The number of ketones is 1. The van der Waals surface area contributed by atoms with Crippen molar-refractivity contribution in [2.75, 3.05) is 0 Å². The predicted molar refractivity (Wildman–Crippen MR) is 125 cm³/mol. The van der Waals surface area contributed by atoms with E-state index in [4.69, 9.17) is 9.73 Å². The first-order valence-corrected chi connectivity index (χ1v) is 11.2. The van der Waals surface area contributed by atoms with Gasteiger partial charge in [0.15, 0.2) is 5.78 Å². The summed E-state index contributed by atoms with van der Waals surface area (Å²) in [6, 6.07) is 22.1. The minimum absolute atomic E-state index is 0.128. The van der Waals surface area contributed by atoms with Gasteiger partial charge in [0.05, 0.1) is 12.0 Å². The van der Waals surface area contributed by atoms with Crippen molar-refractivity contribution in [3.05, 3.63) is 106 Å². The van der Waals surface area contributed by atoms with E-state index in [0.717, 1.165) is 57.7 Å². The van der Waals surface area contributed by atoms with E-state index in [0.29, 0.717) is 6.42 Å². The molecule has 4 nitrogen and oxygen atoms in total. The summed E-state index contributed by atoms with van der Waals surface area (Å²) in [6.45, 7) is 0. The van der Waals surface area contributed by atoms with Gasteiger partial charge in [0.25, 0.3) is 0 Å². The molecule has 2 heterocycles. The lowest BCUT2D eigenvalue weighted by molar-refractivity contribution is 0.0999. The van der Waals surface area contributed by atoms with Crippen LogP contribution in [0.5, 0.6) is 5.75 Å². The van der Waals surface area contributed by atoms with Crippen molar-refractivity contribution in [2.45, 2.75) is 25.7 Å². The maximum atomic E-state index is 12.7. The number of allylic oxidation sites excluding steroid dienone is 4. The number of thiophene rings is 1. The number of aliphatic imine (C=N–C) groups is 1. The van der Waals surface area contributed by atoms with Crippen molar-refractivity contribution in [2.24, 2.45) is 4.99 Å². The van der Waals surface area contributed by atoms with Crippen LogP contribution in [0.2, 0.25) is 0 Å². The normalized spacial score (nSPS) is 15.5. The number of hydrogen-bond donors (Lipinski definition) is 1. The lowest BCUT2D eigenvalue weighted by Crippen LogP contribution is -2.28. The van der Waals surface area contributed by atoms with Gasteiger partial charge < -0.3 is 10.1 Å². The van der Waals surface area contributed by atoms with Crippen LogP contribution in [0.25, 0.3) is 0 Å². The number of Topliss-reactive ketones (excluding diaryl/α,β-unsaturated/α-hetero) is 1. The minimum Gasteiger partial charge on any atom is -0.462 e. The number of para-hydroxylation sites is 1. The molecule has 1 aliphatic heterocycles. The van der Waals surface area contributed by atoms with Crippen molar-refractivity contribution in [3.63, 3.8) is 0 Å². The van der Waals surface area contributed by atoms with E-state index in [1.165, 1.54) is 5.56 Å². The van der Waals surface area contributed by atoms with Crippen LogP contribution in [0.3, 0.4) is 0 Å². The predicted octanol–water partition coefficient (Wildman–Crippen LogP) is 6.19. The second-order valence-corrected chi connectivity index (χ2v) is 8.73. The zero-order valence-electron chi connectivity index (χ0n) is 17.0. The highest BCUT2D eigenvalue weighted by Gasteiger charge is 2.24. The van der Waals surface area contributed by atoms with Crippen molar-refractivity contribution < 1.29 is 9.53 Å². The van der Waals surface area contributed by atoms with Crippen molar-refractivity contribution >= 4 is 28.0 Å². The van der Waals surface area contributed by atoms with Crippen molar-refractivity contribution in [1.82, 2.24) is 5.32 Å². The third kappa shape index (κ3) is 4.67. The number of carbonyl (C=O) groups excluding carboxylic acids is 1. The molecule has 1 aliphatic carbocycles. The Morgan fingerprint density at radius 1 is 0.968 bits per heavy atom. The first-order valence-electron chi connectivity index (χ1n) is 10.4. The van der Waals surface area contributed by atoms with Crippen LogP contribution in [-0.4, -0.2) is 11.6 Å². The Labute approximate surface area is 185 Å². The Hall–Kier alpha value is -3.44. The Bertz CT molecular complexity index is 1190. The quantitative estimate of drug-likeness (QED) is 0.530. The fourth-order valence-corrected chi connectivity index (χ4v) is 4.81. The Morgan fingerprint density at radius 3 is 2.48 bits per heavy atom. The zero-order valence-corrected chi connectivity index (χ0v) is 17.8. The molecule has 0 unspecified atom stereocenters. The largest absolute Gasteiger partial charge is 0.462 e. The Morgan fingerprint density at radius 2 is 1.74 bits per heavy atom. The molecule has 0 saturated heterocycles. The molecule has 0 atom stereocenters.